The van der Waals surface area contributed by atoms with Crippen molar-refractivity contribution in [1.29, 1.82) is 0 Å². The number of hydrogen-bond acceptors (Lipinski definition) is 6. The molecule has 0 atom stereocenters. The van der Waals surface area contributed by atoms with Crippen molar-refractivity contribution in [2.75, 3.05) is 20.4 Å². The quantitative estimate of drug-likeness (QED) is 0.665. The van der Waals surface area contributed by atoms with Gasteiger partial charge in [0.25, 0.3) is 11.5 Å². The molecule has 0 unspecified atom stereocenters. The summed E-state index contributed by atoms with van der Waals surface area (Å²) in [5.74, 6) is 0.329. The number of esters is 1. The topological polar surface area (TPSA) is 95.9 Å². The van der Waals surface area contributed by atoms with Crippen LogP contribution < -0.4 is 20.3 Å². The molecule has 8 nitrogen and oxygen atoms in total. The van der Waals surface area contributed by atoms with Crippen molar-refractivity contribution in [2.24, 2.45) is 0 Å². The van der Waals surface area contributed by atoms with Gasteiger partial charge in [-0.2, -0.15) is 0 Å². The summed E-state index contributed by atoms with van der Waals surface area (Å²) in [7, 11) is 1.29. The van der Waals surface area contributed by atoms with Crippen LogP contribution in [-0.2, 0) is 9.53 Å². The Bertz CT molecular complexity index is 1170. The maximum Gasteiger partial charge on any atom is 0.307 e. The summed E-state index contributed by atoms with van der Waals surface area (Å²) in [6.45, 7) is 0.252. The number of amides is 1. The van der Waals surface area contributed by atoms with Crippen LogP contribution in [0.5, 0.6) is 11.5 Å². The summed E-state index contributed by atoms with van der Waals surface area (Å²) in [5, 5.41) is 3.64. The second kappa shape index (κ2) is 7.67. The molecule has 0 aliphatic carbocycles. The molecule has 1 aromatic heterocycles. The van der Waals surface area contributed by atoms with Gasteiger partial charge in [0.15, 0.2) is 11.5 Å². The molecule has 1 aliphatic rings. The largest absolute Gasteiger partial charge is 0.469 e. The number of benzene rings is 2. The molecule has 0 bridgehead atoms. The Morgan fingerprint density at radius 3 is 2.66 bits per heavy atom. The van der Waals surface area contributed by atoms with Gasteiger partial charge in [0.2, 0.25) is 6.79 Å². The van der Waals surface area contributed by atoms with Crippen molar-refractivity contribution in [2.45, 2.75) is 6.42 Å². The van der Waals surface area contributed by atoms with Crippen molar-refractivity contribution in [3.05, 3.63) is 64.6 Å². The van der Waals surface area contributed by atoms with Crippen LogP contribution in [-0.4, -0.2) is 36.9 Å². The first kappa shape index (κ1) is 18.5. The Kier molecular flexibility index (Phi) is 4.90. The van der Waals surface area contributed by atoms with Gasteiger partial charge in [-0.25, -0.2) is 0 Å². The zero-order valence-electron chi connectivity index (χ0n) is 15.6. The molecule has 1 N–H and O–H groups in total. The second-order valence-corrected chi connectivity index (χ2v) is 6.38. The average Bonchev–Trinajstić information content (AvgIpc) is 3.21. The number of rotatable bonds is 5. The molecular weight excluding hydrogens is 376 g/mol. The Labute approximate surface area is 165 Å². The Morgan fingerprint density at radius 2 is 1.86 bits per heavy atom. The standard InChI is InChI=1S/C21H18N2O6/c1-27-19(24)8-9-22-20(25)16-11-23(21(26)15-5-3-2-4-14(15)16)13-6-7-17-18(10-13)29-12-28-17/h2-7,10-11H,8-9,12H2,1H3,(H,22,25). The van der Waals surface area contributed by atoms with Crippen LogP contribution in [0, 0.1) is 0 Å². The van der Waals surface area contributed by atoms with Crippen LogP contribution in [0.3, 0.4) is 0 Å². The highest BCUT2D eigenvalue weighted by atomic mass is 16.7. The number of nitrogens with zero attached hydrogens (tertiary/aromatic N) is 1. The van der Waals surface area contributed by atoms with E-state index < -0.39 is 5.97 Å². The maximum atomic E-state index is 13.0. The van der Waals surface area contributed by atoms with E-state index in [4.69, 9.17) is 9.47 Å². The maximum absolute atomic E-state index is 13.0. The minimum atomic E-state index is -0.416. The number of carbonyl (C=O) groups excluding carboxylic acids is 2. The van der Waals surface area contributed by atoms with Crippen LogP contribution in [0.4, 0.5) is 0 Å². The first-order valence-electron chi connectivity index (χ1n) is 8.98. The molecule has 8 heteroatoms. The smallest absolute Gasteiger partial charge is 0.307 e. The van der Waals surface area contributed by atoms with Crippen molar-refractivity contribution in [3.63, 3.8) is 0 Å². The molecule has 29 heavy (non-hydrogen) atoms. The Hall–Kier alpha value is -3.81. The average molecular weight is 394 g/mol. The number of carbonyl (C=O) groups is 2. The lowest BCUT2D eigenvalue weighted by atomic mass is 10.1. The predicted octanol–water partition coefficient (Wildman–Crippen LogP) is 2.01. The number of ether oxygens (including phenoxy) is 3. The molecule has 2 heterocycles. The summed E-state index contributed by atoms with van der Waals surface area (Å²) in [4.78, 5) is 37.1. The highest BCUT2D eigenvalue weighted by Gasteiger charge is 2.18. The van der Waals surface area contributed by atoms with E-state index >= 15 is 0 Å². The molecule has 1 aliphatic heterocycles. The number of methoxy groups -OCH3 is 1. The highest BCUT2D eigenvalue weighted by Crippen LogP contribution is 2.33. The third-order valence-corrected chi connectivity index (χ3v) is 4.65. The predicted molar refractivity (Wildman–Crippen MR) is 105 cm³/mol. The molecule has 148 valence electrons. The van der Waals surface area contributed by atoms with Crippen LogP contribution >= 0.6 is 0 Å². The van der Waals surface area contributed by atoms with E-state index in [0.29, 0.717) is 33.5 Å². The first-order valence-corrected chi connectivity index (χ1v) is 8.98. The molecule has 2 aromatic carbocycles. The third kappa shape index (κ3) is 3.52. The minimum absolute atomic E-state index is 0.0575. The van der Waals surface area contributed by atoms with E-state index in [9.17, 15) is 14.4 Å². The molecule has 1 amide bonds. The van der Waals surface area contributed by atoms with Gasteiger partial charge in [0.05, 0.1) is 24.8 Å². The Morgan fingerprint density at radius 1 is 1.10 bits per heavy atom. The molecule has 0 spiro atoms. The van der Waals surface area contributed by atoms with Gasteiger partial charge in [0, 0.05) is 29.6 Å². The zero-order valence-corrected chi connectivity index (χ0v) is 15.6. The summed E-state index contributed by atoms with van der Waals surface area (Å²) in [6, 6.07) is 12.0. The second-order valence-electron chi connectivity index (χ2n) is 6.38. The van der Waals surface area contributed by atoms with Gasteiger partial charge in [-0.1, -0.05) is 18.2 Å². The van der Waals surface area contributed by atoms with Gasteiger partial charge in [-0.3, -0.25) is 19.0 Å². The lowest BCUT2D eigenvalue weighted by Crippen LogP contribution is -2.29. The molecule has 0 saturated carbocycles. The Balaban J connectivity index is 1.76. The lowest BCUT2D eigenvalue weighted by molar-refractivity contribution is -0.140. The summed E-state index contributed by atoms with van der Waals surface area (Å²) < 4.78 is 16.7. The van der Waals surface area contributed by atoms with Crippen LogP contribution in [0.25, 0.3) is 16.5 Å². The van der Waals surface area contributed by atoms with Crippen LogP contribution in [0.2, 0.25) is 0 Å². The summed E-state index contributed by atoms with van der Waals surface area (Å²) in [6.07, 6.45) is 1.55. The minimum Gasteiger partial charge on any atom is -0.469 e. The van der Waals surface area contributed by atoms with E-state index in [1.807, 2.05) is 0 Å². The molecule has 4 rings (SSSR count). The summed E-state index contributed by atoms with van der Waals surface area (Å²) >= 11 is 0. The van der Waals surface area contributed by atoms with Crippen molar-refractivity contribution in [1.82, 2.24) is 9.88 Å². The van der Waals surface area contributed by atoms with Crippen molar-refractivity contribution in [3.8, 4) is 17.2 Å². The number of pyridine rings is 1. The van der Waals surface area contributed by atoms with Crippen LogP contribution in [0.1, 0.15) is 16.8 Å². The lowest BCUT2D eigenvalue weighted by Gasteiger charge is -2.13. The van der Waals surface area contributed by atoms with Crippen LogP contribution in [0.15, 0.2) is 53.5 Å². The van der Waals surface area contributed by atoms with E-state index in [2.05, 4.69) is 10.1 Å². The van der Waals surface area contributed by atoms with Crippen molar-refractivity contribution >= 4 is 22.6 Å². The zero-order chi connectivity index (χ0) is 20.4. The van der Waals surface area contributed by atoms with Gasteiger partial charge < -0.3 is 19.5 Å². The fraction of sp³-hybridized carbons (Fsp3) is 0.190. The van der Waals surface area contributed by atoms with E-state index in [-0.39, 0.29) is 31.2 Å². The number of fused-ring (bicyclic) bond motifs is 2. The van der Waals surface area contributed by atoms with E-state index in [1.165, 1.54) is 17.9 Å². The summed E-state index contributed by atoms with van der Waals surface area (Å²) in [5.41, 5.74) is 0.613. The number of aromatic nitrogens is 1. The number of hydrogen-bond donors (Lipinski definition) is 1. The molecule has 0 fully saturated rings. The fourth-order valence-electron chi connectivity index (χ4n) is 3.17. The fourth-order valence-corrected chi connectivity index (χ4v) is 3.17. The van der Waals surface area contributed by atoms with E-state index in [0.717, 1.165) is 0 Å². The van der Waals surface area contributed by atoms with Crippen molar-refractivity contribution < 1.29 is 23.8 Å². The molecule has 3 aromatic rings. The van der Waals surface area contributed by atoms with E-state index in [1.54, 1.807) is 42.5 Å². The highest BCUT2D eigenvalue weighted by molar-refractivity contribution is 6.06. The molecular formula is C21H18N2O6. The van der Waals surface area contributed by atoms with Gasteiger partial charge >= 0.3 is 5.97 Å². The number of nitrogens with one attached hydrogen (secondary N) is 1. The monoisotopic (exact) mass is 394 g/mol. The molecule has 0 saturated heterocycles. The third-order valence-electron chi connectivity index (χ3n) is 4.65. The first-order chi connectivity index (χ1) is 14.1. The van der Waals surface area contributed by atoms with Gasteiger partial charge in [-0.05, 0) is 18.2 Å². The van der Waals surface area contributed by atoms with Gasteiger partial charge in [-0.15, -0.1) is 0 Å². The normalized spacial score (nSPS) is 12.0. The molecule has 0 radical (unpaired) electrons. The SMILES string of the molecule is COC(=O)CCNC(=O)c1cn(-c2ccc3c(c2)OCO3)c(=O)c2ccccc12. The van der Waals surface area contributed by atoms with Gasteiger partial charge in [0.1, 0.15) is 0 Å².